The first-order valence-electron chi connectivity index (χ1n) is 2.99. The Morgan fingerprint density at radius 2 is 2.11 bits per heavy atom. The van der Waals surface area contributed by atoms with Crippen LogP contribution in [0.15, 0.2) is 29.9 Å². The molecule has 0 aliphatic heterocycles. The number of nitrogens with one attached hydrogen (secondary N) is 1. The number of hydrogen-bond donors (Lipinski definition) is 1. The Balaban J connectivity index is 2.95. The highest BCUT2D eigenvalue weighted by molar-refractivity contribution is 6.27. The first-order chi connectivity index (χ1) is 4.47. The van der Waals surface area contributed by atoms with Gasteiger partial charge in [0.2, 0.25) is 0 Å². The Morgan fingerprint density at radius 1 is 1.22 bits per heavy atom. The molecule has 2 aromatic rings. The molecule has 2 heteroatoms. The minimum absolute atomic E-state index is 0.343. The van der Waals surface area contributed by atoms with Crippen molar-refractivity contribution in [2.75, 3.05) is 0 Å². The Bertz CT molecular complexity index is 283. The van der Waals surface area contributed by atoms with E-state index in [9.17, 15) is 0 Å². The largest absolute Gasteiger partial charge is 0.393 e. The molecule has 0 aliphatic rings. The number of para-hydroxylation sites is 1. The van der Waals surface area contributed by atoms with Gasteiger partial charge in [-0.25, -0.2) is 0 Å². The van der Waals surface area contributed by atoms with Crippen LogP contribution in [0.4, 0.5) is 0 Å². The summed E-state index contributed by atoms with van der Waals surface area (Å²) in [5, 5.41) is 1.37. The monoisotopic (exact) mass is 133 g/mol. The van der Waals surface area contributed by atoms with Crippen molar-refractivity contribution in [3.8, 4) is 0 Å². The van der Waals surface area contributed by atoms with Crippen LogP contribution in [0.5, 0.6) is 0 Å². The maximum Gasteiger partial charge on any atom is 0.110 e. The van der Waals surface area contributed by atoms with Gasteiger partial charge in [-0.3, -0.25) is 0 Å². The van der Waals surface area contributed by atoms with Crippen molar-refractivity contribution in [2.24, 2.45) is 0 Å². The molecule has 1 aromatic carbocycles. The third kappa shape index (κ3) is 0.714. The van der Waals surface area contributed by atoms with Gasteiger partial charge in [0.1, 0.15) is 9.29 Å². The van der Waals surface area contributed by atoms with Gasteiger partial charge in [0.05, 0.1) is 0 Å². The van der Waals surface area contributed by atoms with Gasteiger partial charge in [0, 0.05) is 5.52 Å². The van der Waals surface area contributed by atoms with Gasteiger partial charge < -0.3 is 4.64 Å². The van der Waals surface area contributed by atoms with Crippen LogP contribution >= 0.6 is 0 Å². The lowest BCUT2D eigenvalue weighted by Gasteiger charge is -1.83. The first kappa shape index (κ1) is 4.94. The fourth-order valence-corrected chi connectivity index (χ4v) is 1.99. The predicted octanol–water partition coefficient (Wildman–Crippen LogP) is 1.24. The van der Waals surface area contributed by atoms with Gasteiger partial charge >= 0.3 is 0 Å². The Labute approximate surface area is 55.5 Å². The summed E-state index contributed by atoms with van der Waals surface area (Å²) in [6.45, 7) is 0. The quantitative estimate of drug-likeness (QED) is 0.520. The number of hydrogen-bond acceptors (Lipinski definition) is 0. The molecular formula is C7H7NSi. The Hall–Kier alpha value is -0.893. The average molecular weight is 133 g/mol. The zero-order valence-corrected chi connectivity index (χ0v) is 6.12. The van der Waals surface area contributed by atoms with Gasteiger partial charge in [-0.1, -0.05) is 23.9 Å². The van der Waals surface area contributed by atoms with Crippen LogP contribution in [0, 0.1) is 0 Å². The van der Waals surface area contributed by atoms with Gasteiger partial charge in [0.25, 0.3) is 0 Å². The summed E-state index contributed by atoms with van der Waals surface area (Å²) in [6, 6.07) is 8.39. The summed E-state index contributed by atoms with van der Waals surface area (Å²) in [4.78, 5) is 0. The molecule has 0 radical (unpaired) electrons. The highest BCUT2D eigenvalue weighted by atomic mass is 28.2. The summed E-state index contributed by atoms with van der Waals surface area (Å²) in [5.74, 6) is 0. The molecule has 0 amide bonds. The number of fused-ring (bicyclic) bond motifs is 1. The van der Waals surface area contributed by atoms with E-state index in [1.807, 2.05) is 0 Å². The van der Waals surface area contributed by atoms with Crippen LogP contribution in [0.1, 0.15) is 0 Å². The van der Waals surface area contributed by atoms with E-state index in [0.717, 1.165) is 0 Å². The van der Waals surface area contributed by atoms with Crippen molar-refractivity contribution >= 4 is 20.2 Å². The van der Waals surface area contributed by atoms with Crippen molar-refractivity contribution < 1.29 is 0 Å². The second kappa shape index (κ2) is 1.81. The molecule has 0 saturated carbocycles. The minimum atomic E-state index is 0.343. The summed E-state index contributed by atoms with van der Waals surface area (Å²) in [6.07, 6.45) is 0. The van der Waals surface area contributed by atoms with E-state index >= 15 is 0 Å². The van der Waals surface area contributed by atoms with Gasteiger partial charge in [-0.15, -0.1) is 0 Å². The van der Waals surface area contributed by atoms with Crippen molar-refractivity contribution in [3.63, 3.8) is 0 Å². The smallest absolute Gasteiger partial charge is 0.110 e. The molecule has 1 N–H and O–H groups in total. The molecule has 1 heterocycles. The maximum absolute atomic E-state index is 3.33. The Morgan fingerprint density at radius 3 is 3.00 bits per heavy atom. The van der Waals surface area contributed by atoms with E-state index in [1.54, 1.807) is 0 Å². The molecule has 44 valence electrons. The number of aromatic nitrogens is 1. The van der Waals surface area contributed by atoms with Crippen LogP contribution in [-0.4, -0.2) is 13.9 Å². The molecular weight excluding hydrogens is 126 g/mol. The zero-order chi connectivity index (χ0) is 6.10. The number of aromatic amines is 1. The van der Waals surface area contributed by atoms with Crippen LogP contribution in [0.3, 0.4) is 0 Å². The van der Waals surface area contributed by atoms with Crippen LogP contribution in [0.25, 0.3) is 10.9 Å². The highest BCUT2D eigenvalue weighted by Crippen LogP contribution is 2.06. The lowest BCUT2D eigenvalue weighted by atomic mass is 10.3. The number of H-pyrrole nitrogens is 1. The molecule has 1 aromatic heterocycles. The molecule has 0 aliphatic carbocycles. The van der Waals surface area contributed by atoms with Crippen LogP contribution < -0.4 is 0 Å². The van der Waals surface area contributed by atoms with E-state index in [0.29, 0.717) is 9.29 Å². The summed E-state index contributed by atoms with van der Waals surface area (Å²) in [7, 11) is 0.343. The standard InChI is InChI=1S/C7H7NSi/c1-2-4-7-6(3-1)5-9-8-7/h1-5,8-9H. The molecule has 2 rings (SSSR count). The van der Waals surface area contributed by atoms with Crippen molar-refractivity contribution in [1.29, 1.82) is 0 Å². The minimum Gasteiger partial charge on any atom is -0.393 e. The summed E-state index contributed by atoms with van der Waals surface area (Å²) >= 11 is 0. The summed E-state index contributed by atoms with van der Waals surface area (Å²) in [5.41, 5.74) is 3.57. The third-order valence-corrected chi connectivity index (χ3v) is 2.47. The van der Waals surface area contributed by atoms with Gasteiger partial charge in [-0.05, 0) is 11.5 Å². The zero-order valence-electron chi connectivity index (χ0n) is 4.96. The van der Waals surface area contributed by atoms with E-state index in [1.165, 1.54) is 10.9 Å². The molecule has 0 fully saturated rings. The third-order valence-electron chi connectivity index (χ3n) is 1.46. The van der Waals surface area contributed by atoms with Crippen LogP contribution in [-0.2, 0) is 0 Å². The average Bonchev–Trinajstić information content (AvgIpc) is 2.33. The van der Waals surface area contributed by atoms with Crippen LogP contribution in [0.2, 0.25) is 0 Å². The normalized spacial score (nSPS) is 10.2. The molecule has 0 saturated heterocycles. The highest BCUT2D eigenvalue weighted by Gasteiger charge is 1.86. The topological polar surface area (TPSA) is 15.8 Å². The molecule has 0 bridgehead atoms. The van der Waals surface area contributed by atoms with Gasteiger partial charge in [0.15, 0.2) is 0 Å². The van der Waals surface area contributed by atoms with E-state index in [2.05, 4.69) is 34.6 Å². The van der Waals surface area contributed by atoms with E-state index in [4.69, 9.17) is 0 Å². The lowest BCUT2D eigenvalue weighted by molar-refractivity contribution is 1.65. The lowest BCUT2D eigenvalue weighted by Crippen LogP contribution is -1.64. The number of rotatable bonds is 0. The maximum atomic E-state index is 3.33. The van der Waals surface area contributed by atoms with Gasteiger partial charge in [-0.2, -0.15) is 0 Å². The second-order valence-corrected chi connectivity index (χ2v) is 3.02. The SMILES string of the molecule is c1ccc2[nH][siH]cc2c1. The predicted molar refractivity (Wildman–Crippen MR) is 41.0 cm³/mol. The molecule has 9 heavy (non-hydrogen) atoms. The van der Waals surface area contributed by atoms with E-state index in [-0.39, 0.29) is 0 Å². The first-order valence-corrected chi connectivity index (χ1v) is 4.23. The molecule has 0 spiro atoms. The van der Waals surface area contributed by atoms with Crippen molar-refractivity contribution in [2.45, 2.75) is 0 Å². The van der Waals surface area contributed by atoms with E-state index < -0.39 is 0 Å². The second-order valence-electron chi connectivity index (χ2n) is 2.06. The molecule has 0 atom stereocenters. The van der Waals surface area contributed by atoms with Crippen molar-refractivity contribution in [1.82, 2.24) is 4.64 Å². The van der Waals surface area contributed by atoms with Crippen molar-refractivity contribution in [3.05, 3.63) is 29.9 Å². The number of benzene rings is 1. The fraction of sp³-hybridized carbons (Fsp3) is 0. The molecule has 0 unspecified atom stereocenters. The fourth-order valence-electron chi connectivity index (χ4n) is 0.995. The Kier molecular flexibility index (Phi) is 0.992. The molecule has 1 nitrogen and oxygen atoms in total. The summed E-state index contributed by atoms with van der Waals surface area (Å²) < 4.78 is 3.33.